The summed E-state index contributed by atoms with van der Waals surface area (Å²) in [6.07, 6.45) is 1.63. The fourth-order valence-electron chi connectivity index (χ4n) is 2.93. The second-order valence-electron chi connectivity index (χ2n) is 6.77. The van der Waals surface area contributed by atoms with Crippen LogP contribution in [0.3, 0.4) is 0 Å². The fraction of sp³-hybridized carbons (Fsp3) is 0.217. The van der Waals surface area contributed by atoms with Crippen LogP contribution in [0, 0.1) is 0 Å². The maximum absolute atomic E-state index is 12.8. The van der Waals surface area contributed by atoms with Crippen molar-refractivity contribution in [1.29, 1.82) is 0 Å². The van der Waals surface area contributed by atoms with Gasteiger partial charge in [0.25, 0.3) is 5.91 Å². The van der Waals surface area contributed by atoms with Crippen LogP contribution in [0.25, 0.3) is 6.08 Å². The summed E-state index contributed by atoms with van der Waals surface area (Å²) >= 11 is 6.38. The van der Waals surface area contributed by atoms with Gasteiger partial charge in [-0.1, -0.05) is 30.0 Å². The van der Waals surface area contributed by atoms with E-state index in [-0.39, 0.29) is 29.1 Å². The molecule has 0 bridgehead atoms. The summed E-state index contributed by atoms with van der Waals surface area (Å²) in [7, 11) is 0. The summed E-state index contributed by atoms with van der Waals surface area (Å²) in [6, 6.07) is 11.0. The number of carbonyl (C=O) groups excluding carboxylic acids is 3. The Morgan fingerprint density at radius 1 is 1.15 bits per heavy atom. The van der Waals surface area contributed by atoms with Crippen LogP contribution in [0.2, 0.25) is 0 Å². The van der Waals surface area contributed by atoms with Gasteiger partial charge in [0.05, 0.1) is 23.7 Å². The van der Waals surface area contributed by atoms with Gasteiger partial charge in [0.15, 0.2) is 11.5 Å². The van der Waals surface area contributed by atoms with Crippen LogP contribution in [-0.2, 0) is 14.3 Å². The minimum Gasteiger partial charge on any atom is -0.504 e. The van der Waals surface area contributed by atoms with E-state index in [1.165, 1.54) is 11.0 Å². The number of aromatic hydroxyl groups is 1. The standard InChI is InChI=1S/C23H22N2O6S2/c1-3-30-18-11-14(5-10-17(18)26)12-19-21(28)25(23(32)33-19)13-20(27)24-16-8-6-15(7-9-16)22(29)31-4-2/h5-12,26H,3-4,13H2,1-2H3,(H,24,27)/b19-12-. The molecule has 1 saturated heterocycles. The molecular weight excluding hydrogens is 464 g/mol. The van der Waals surface area contributed by atoms with Crippen LogP contribution in [0.15, 0.2) is 47.4 Å². The molecule has 1 heterocycles. The van der Waals surface area contributed by atoms with Crippen LogP contribution in [0.1, 0.15) is 29.8 Å². The Balaban J connectivity index is 1.65. The lowest BCUT2D eigenvalue weighted by Crippen LogP contribution is -2.36. The number of rotatable bonds is 8. The molecule has 1 fully saturated rings. The van der Waals surface area contributed by atoms with E-state index >= 15 is 0 Å². The second kappa shape index (κ2) is 11.0. The van der Waals surface area contributed by atoms with Gasteiger partial charge in [-0.2, -0.15) is 0 Å². The first kappa shape index (κ1) is 24.3. The number of nitrogens with zero attached hydrogens (tertiary/aromatic N) is 1. The summed E-state index contributed by atoms with van der Waals surface area (Å²) in [5.74, 6) is -0.936. The third-order valence-corrected chi connectivity index (χ3v) is 5.81. The molecule has 0 saturated carbocycles. The van der Waals surface area contributed by atoms with Gasteiger partial charge in [-0.15, -0.1) is 0 Å². The molecule has 0 aliphatic carbocycles. The Labute approximate surface area is 200 Å². The molecule has 33 heavy (non-hydrogen) atoms. The highest BCUT2D eigenvalue weighted by atomic mass is 32.2. The Bertz CT molecular complexity index is 1110. The highest BCUT2D eigenvalue weighted by Gasteiger charge is 2.33. The first-order valence-electron chi connectivity index (χ1n) is 10.1. The van der Waals surface area contributed by atoms with E-state index in [4.69, 9.17) is 21.7 Å². The molecule has 0 spiro atoms. The summed E-state index contributed by atoms with van der Waals surface area (Å²) < 4.78 is 10.6. The maximum atomic E-state index is 12.8. The van der Waals surface area contributed by atoms with Crippen LogP contribution >= 0.6 is 24.0 Å². The van der Waals surface area contributed by atoms with Gasteiger partial charge < -0.3 is 19.9 Å². The summed E-state index contributed by atoms with van der Waals surface area (Å²) in [6.45, 7) is 3.94. The molecule has 172 valence electrons. The monoisotopic (exact) mass is 486 g/mol. The van der Waals surface area contributed by atoms with E-state index in [1.54, 1.807) is 56.3 Å². The number of phenolic OH excluding ortho intramolecular Hbond substituents is 1. The third-order valence-electron chi connectivity index (χ3n) is 4.44. The minimum absolute atomic E-state index is 0.00788. The average molecular weight is 487 g/mol. The predicted molar refractivity (Wildman–Crippen MR) is 130 cm³/mol. The molecule has 0 aromatic heterocycles. The van der Waals surface area contributed by atoms with Crippen molar-refractivity contribution in [3.63, 3.8) is 0 Å². The highest BCUT2D eigenvalue weighted by Crippen LogP contribution is 2.34. The van der Waals surface area contributed by atoms with E-state index in [2.05, 4.69) is 5.32 Å². The fourth-order valence-corrected chi connectivity index (χ4v) is 4.18. The van der Waals surface area contributed by atoms with Crippen LogP contribution < -0.4 is 10.1 Å². The number of nitrogens with one attached hydrogen (secondary N) is 1. The zero-order valence-electron chi connectivity index (χ0n) is 18.0. The summed E-state index contributed by atoms with van der Waals surface area (Å²) in [5.41, 5.74) is 1.50. The Morgan fingerprint density at radius 3 is 2.55 bits per heavy atom. The van der Waals surface area contributed by atoms with Crippen molar-refractivity contribution in [2.75, 3.05) is 25.1 Å². The van der Waals surface area contributed by atoms with Crippen molar-refractivity contribution in [3.8, 4) is 11.5 Å². The Kier molecular flexibility index (Phi) is 8.07. The lowest BCUT2D eigenvalue weighted by Gasteiger charge is -2.14. The number of carbonyl (C=O) groups is 3. The molecule has 3 rings (SSSR count). The maximum Gasteiger partial charge on any atom is 0.338 e. The van der Waals surface area contributed by atoms with Crippen LogP contribution in [0.5, 0.6) is 11.5 Å². The second-order valence-corrected chi connectivity index (χ2v) is 8.45. The van der Waals surface area contributed by atoms with E-state index in [0.717, 1.165) is 11.8 Å². The number of hydrogen-bond donors (Lipinski definition) is 2. The number of ether oxygens (including phenoxy) is 2. The number of amides is 2. The minimum atomic E-state index is -0.443. The van der Waals surface area contributed by atoms with Crippen molar-refractivity contribution < 1.29 is 29.0 Å². The van der Waals surface area contributed by atoms with Gasteiger partial charge in [0.1, 0.15) is 10.9 Å². The molecular formula is C23H22N2O6S2. The third kappa shape index (κ3) is 6.11. The predicted octanol–water partition coefficient (Wildman–Crippen LogP) is 3.81. The zero-order valence-corrected chi connectivity index (χ0v) is 19.6. The molecule has 8 nitrogen and oxygen atoms in total. The van der Waals surface area contributed by atoms with Crippen molar-refractivity contribution in [2.24, 2.45) is 0 Å². The molecule has 2 aromatic rings. The average Bonchev–Trinajstić information content (AvgIpc) is 3.04. The van der Waals surface area contributed by atoms with Gasteiger partial charge >= 0.3 is 5.97 Å². The number of hydrogen-bond acceptors (Lipinski definition) is 8. The molecule has 0 unspecified atom stereocenters. The van der Waals surface area contributed by atoms with E-state index in [9.17, 15) is 19.5 Å². The highest BCUT2D eigenvalue weighted by molar-refractivity contribution is 8.26. The summed E-state index contributed by atoms with van der Waals surface area (Å²) in [4.78, 5) is 38.6. The normalized spacial score (nSPS) is 14.5. The molecule has 1 aliphatic rings. The number of thiocarbonyl (C=S) groups is 1. The molecule has 2 amide bonds. The number of phenols is 1. The van der Waals surface area contributed by atoms with Crippen molar-refractivity contribution >= 4 is 57.8 Å². The molecule has 0 atom stereocenters. The quantitative estimate of drug-likeness (QED) is 0.330. The van der Waals surface area contributed by atoms with Crippen LogP contribution in [0.4, 0.5) is 5.69 Å². The number of thioether (sulfide) groups is 1. The Hall–Kier alpha value is -3.37. The van der Waals surface area contributed by atoms with Crippen molar-refractivity contribution in [2.45, 2.75) is 13.8 Å². The molecule has 10 heteroatoms. The van der Waals surface area contributed by atoms with Gasteiger partial charge in [-0.3, -0.25) is 14.5 Å². The van der Waals surface area contributed by atoms with Crippen molar-refractivity contribution in [3.05, 3.63) is 58.5 Å². The van der Waals surface area contributed by atoms with E-state index < -0.39 is 11.9 Å². The number of esters is 1. The molecule has 0 radical (unpaired) electrons. The van der Waals surface area contributed by atoms with Gasteiger partial charge in [-0.05, 0) is 61.9 Å². The largest absolute Gasteiger partial charge is 0.504 e. The first-order chi connectivity index (χ1) is 15.8. The van der Waals surface area contributed by atoms with Crippen molar-refractivity contribution in [1.82, 2.24) is 4.90 Å². The molecule has 2 N–H and O–H groups in total. The Morgan fingerprint density at radius 2 is 1.88 bits per heavy atom. The SMILES string of the molecule is CCOC(=O)c1ccc(NC(=O)CN2C(=O)/C(=C/c3ccc(O)c(OCC)c3)SC2=S)cc1. The summed E-state index contributed by atoms with van der Waals surface area (Å²) in [5, 5.41) is 12.5. The topological polar surface area (TPSA) is 105 Å². The molecule has 1 aliphatic heterocycles. The lowest BCUT2D eigenvalue weighted by molar-refractivity contribution is -0.126. The van der Waals surface area contributed by atoms with Gasteiger partial charge in [0, 0.05) is 5.69 Å². The zero-order chi connectivity index (χ0) is 24.0. The van der Waals surface area contributed by atoms with Gasteiger partial charge in [-0.25, -0.2) is 4.79 Å². The number of anilines is 1. The van der Waals surface area contributed by atoms with E-state index in [1.807, 2.05) is 0 Å². The number of benzene rings is 2. The van der Waals surface area contributed by atoms with Gasteiger partial charge in [0.2, 0.25) is 5.91 Å². The van der Waals surface area contributed by atoms with E-state index in [0.29, 0.717) is 34.1 Å². The lowest BCUT2D eigenvalue weighted by atomic mass is 10.2. The smallest absolute Gasteiger partial charge is 0.338 e. The van der Waals surface area contributed by atoms with Crippen LogP contribution in [-0.4, -0.2) is 51.9 Å². The molecule has 2 aromatic carbocycles. The first-order valence-corrected chi connectivity index (χ1v) is 11.3.